The highest BCUT2D eigenvalue weighted by Gasteiger charge is 2.28. The smallest absolute Gasteiger partial charge is 0.119 e. The van der Waals surface area contributed by atoms with E-state index in [4.69, 9.17) is 15.2 Å². The summed E-state index contributed by atoms with van der Waals surface area (Å²) in [5, 5.41) is 0. The fourth-order valence-corrected chi connectivity index (χ4v) is 2.57. The van der Waals surface area contributed by atoms with Gasteiger partial charge in [0.15, 0.2) is 0 Å². The van der Waals surface area contributed by atoms with E-state index in [9.17, 15) is 0 Å². The Kier molecular flexibility index (Phi) is 4.58. The number of benzene rings is 1. The van der Waals surface area contributed by atoms with Crippen LogP contribution in [0.3, 0.4) is 0 Å². The maximum atomic E-state index is 5.94. The van der Waals surface area contributed by atoms with Crippen LogP contribution in [0.25, 0.3) is 0 Å². The van der Waals surface area contributed by atoms with Crippen LogP contribution in [0.2, 0.25) is 0 Å². The van der Waals surface area contributed by atoms with Crippen molar-refractivity contribution in [3.63, 3.8) is 0 Å². The molecule has 2 atom stereocenters. The van der Waals surface area contributed by atoms with E-state index in [1.165, 1.54) is 5.56 Å². The molecule has 1 aromatic rings. The molecule has 1 heterocycles. The van der Waals surface area contributed by atoms with Crippen molar-refractivity contribution in [2.45, 2.75) is 18.6 Å². The van der Waals surface area contributed by atoms with Crippen molar-refractivity contribution in [2.24, 2.45) is 5.73 Å². The van der Waals surface area contributed by atoms with Gasteiger partial charge < -0.3 is 15.2 Å². The molecule has 0 aromatic heterocycles. The third-order valence-electron chi connectivity index (χ3n) is 3.65. The van der Waals surface area contributed by atoms with Crippen molar-refractivity contribution in [1.82, 2.24) is 4.90 Å². The lowest BCUT2D eigenvalue weighted by molar-refractivity contribution is 0.101. The molecule has 1 aliphatic heterocycles. The van der Waals surface area contributed by atoms with E-state index in [2.05, 4.69) is 17.0 Å². The molecule has 0 amide bonds. The highest BCUT2D eigenvalue weighted by Crippen LogP contribution is 2.27. The van der Waals surface area contributed by atoms with Crippen LogP contribution < -0.4 is 10.5 Å². The van der Waals surface area contributed by atoms with Gasteiger partial charge in [-0.1, -0.05) is 12.1 Å². The molecule has 4 heteroatoms. The molecule has 0 aliphatic carbocycles. The Hall–Kier alpha value is -1.10. The molecule has 100 valence electrons. The Morgan fingerprint density at radius 1 is 1.44 bits per heavy atom. The number of nitrogens with two attached hydrogens (primary N) is 1. The summed E-state index contributed by atoms with van der Waals surface area (Å²) in [6, 6.07) is 8.40. The standard InChI is InChI=1S/C14H22N2O2/c1-17-12-5-3-4-11(8-12)14(9-15)16-7-6-13(10-16)18-2/h3-5,8,13-14H,6-7,9-10,15H2,1-2H3. The first kappa shape index (κ1) is 13.3. The second-order valence-corrected chi connectivity index (χ2v) is 4.67. The van der Waals surface area contributed by atoms with Gasteiger partial charge in [0.25, 0.3) is 0 Å². The van der Waals surface area contributed by atoms with E-state index in [-0.39, 0.29) is 6.04 Å². The molecular formula is C14H22N2O2. The van der Waals surface area contributed by atoms with Crippen LogP contribution >= 0.6 is 0 Å². The summed E-state index contributed by atoms with van der Waals surface area (Å²) in [7, 11) is 3.46. The third-order valence-corrected chi connectivity index (χ3v) is 3.65. The van der Waals surface area contributed by atoms with Crippen molar-refractivity contribution < 1.29 is 9.47 Å². The lowest BCUT2D eigenvalue weighted by atomic mass is 10.1. The Morgan fingerprint density at radius 3 is 2.89 bits per heavy atom. The number of likely N-dealkylation sites (tertiary alicyclic amines) is 1. The van der Waals surface area contributed by atoms with Gasteiger partial charge in [-0.25, -0.2) is 0 Å². The zero-order valence-corrected chi connectivity index (χ0v) is 11.1. The van der Waals surface area contributed by atoms with Gasteiger partial charge in [-0.05, 0) is 24.1 Å². The third kappa shape index (κ3) is 2.83. The Balaban J connectivity index is 2.12. The molecule has 2 unspecified atom stereocenters. The maximum Gasteiger partial charge on any atom is 0.119 e. The molecule has 0 bridgehead atoms. The number of ether oxygens (including phenoxy) is 2. The van der Waals surface area contributed by atoms with Crippen LogP contribution in [0.5, 0.6) is 5.75 Å². The zero-order chi connectivity index (χ0) is 13.0. The minimum absolute atomic E-state index is 0.250. The molecule has 1 aromatic carbocycles. The van der Waals surface area contributed by atoms with Gasteiger partial charge in [0.1, 0.15) is 5.75 Å². The van der Waals surface area contributed by atoms with E-state index in [0.29, 0.717) is 12.6 Å². The highest BCUT2D eigenvalue weighted by molar-refractivity contribution is 5.31. The normalized spacial score (nSPS) is 22.1. The largest absolute Gasteiger partial charge is 0.497 e. The van der Waals surface area contributed by atoms with Crippen molar-refractivity contribution in [1.29, 1.82) is 0 Å². The second kappa shape index (κ2) is 6.18. The number of hydrogen-bond donors (Lipinski definition) is 1. The average Bonchev–Trinajstić information content (AvgIpc) is 2.88. The van der Waals surface area contributed by atoms with Gasteiger partial charge in [0.2, 0.25) is 0 Å². The van der Waals surface area contributed by atoms with Crippen LogP contribution in [0.15, 0.2) is 24.3 Å². The topological polar surface area (TPSA) is 47.7 Å². The van der Waals surface area contributed by atoms with Crippen LogP contribution in [-0.2, 0) is 4.74 Å². The summed E-state index contributed by atoms with van der Waals surface area (Å²) in [5.41, 5.74) is 7.16. The van der Waals surface area contributed by atoms with Gasteiger partial charge in [-0.2, -0.15) is 0 Å². The predicted octanol–water partition coefficient (Wildman–Crippen LogP) is 1.42. The Labute approximate surface area is 109 Å². The molecular weight excluding hydrogens is 228 g/mol. The first-order valence-corrected chi connectivity index (χ1v) is 6.39. The number of nitrogens with zero attached hydrogens (tertiary/aromatic N) is 1. The molecule has 4 nitrogen and oxygen atoms in total. The van der Waals surface area contributed by atoms with Gasteiger partial charge >= 0.3 is 0 Å². The van der Waals surface area contributed by atoms with Crippen LogP contribution in [0.1, 0.15) is 18.0 Å². The van der Waals surface area contributed by atoms with Crippen molar-refractivity contribution in [3.05, 3.63) is 29.8 Å². The Morgan fingerprint density at radius 2 is 2.28 bits per heavy atom. The molecule has 2 rings (SSSR count). The first-order chi connectivity index (χ1) is 8.78. The van der Waals surface area contributed by atoms with E-state index < -0.39 is 0 Å². The number of methoxy groups -OCH3 is 2. The fourth-order valence-electron chi connectivity index (χ4n) is 2.57. The quantitative estimate of drug-likeness (QED) is 0.858. The van der Waals surface area contributed by atoms with E-state index in [0.717, 1.165) is 25.3 Å². The summed E-state index contributed by atoms with van der Waals surface area (Å²) in [5.74, 6) is 0.883. The van der Waals surface area contributed by atoms with Gasteiger partial charge in [-0.3, -0.25) is 4.90 Å². The lowest BCUT2D eigenvalue weighted by Gasteiger charge is -2.27. The van der Waals surface area contributed by atoms with Crippen molar-refractivity contribution in [2.75, 3.05) is 33.9 Å². The van der Waals surface area contributed by atoms with E-state index in [1.807, 2.05) is 12.1 Å². The summed E-state index contributed by atoms with van der Waals surface area (Å²) in [6.07, 6.45) is 1.42. The van der Waals surface area contributed by atoms with Crippen molar-refractivity contribution in [3.8, 4) is 5.75 Å². The SMILES string of the molecule is COc1cccc(C(CN)N2CCC(OC)C2)c1. The molecule has 0 saturated carbocycles. The molecule has 18 heavy (non-hydrogen) atoms. The van der Waals surface area contributed by atoms with Crippen LogP contribution in [-0.4, -0.2) is 44.9 Å². The monoisotopic (exact) mass is 250 g/mol. The predicted molar refractivity (Wildman–Crippen MR) is 71.8 cm³/mol. The molecule has 1 saturated heterocycles. The van der Waals surface area contributed by atoms with E-state index in [1.54, 1.807) is 14.2 Å². The summed E-state index contributed by atoms with van der Waals surface area (Å²) in [6.45, 7) is 2.61. The summed E-state index contributed by atoms with van der Waals surface area (Å²) < 4.78 is 10.7. The molecule has 0 radical (unpaired) electrons. The first-order valence-electron chi connectivity index (χ1n) is 6.39. The second-order valence-electron chi connectivity index (χ2n) is 4.67. The molecule has 1 fully saturated rings. The van der Waals surface area contributed by atoms with Crippen LogP contribution in [0.4, 0.5) is 0 Å². The highest BCUT2D eigenvalue weighted by atomic mass is 16.5. The Bertz CT molecular complexity index is 384. The van der Waals surface area contributed by atoms with Gasteiger partial charge in [0.05, 0.1) is 13.2 Å². The fraction of sp³-hybridized carbons (Fsp3) is 0.571. The zero-order valence-electron chi connectivity index (χ0n) is 11.1. The molecule has 2 N–H and O–H groups in total. The minimum Gasteiger partial charge on any atom is -0.497 e. The number of rotatable bonds is 5. The van der Waals surface area contributed by atoms with Gasteiger partial charge in [0, 0.05) is 32.8 Å². The number of hydrogen-bond acceptors (Lipinski definition) is 4. The molecule has 0 spiro atoms. The summed E-state index contributed by atoms with van der Waals surface area (Å²) >= 11 is 0. The van der Waals surface area contributed by atoms with Gasteiger partial charge in [-0.15, -0.1) is 0 Å². The molecule has 1 aliphatic rings. The minimum atomic E-state index is 0.250. The van der Waals surface area contributed by atoms with Crippen molar-refractivity contribution >= 4 is 0 Å². The average molecular weight is 250 g/mol. The van der Waals surface area contributed by atoms with E-state index >= 15 is 0 Å². The van der Waals surface area contributed by atoms with Crippen LogP contribution in [0, 0.1) is 0 Å². The summed E-state index contributed by atoms with van der Waals surface area (Å²) in [4.78, 5) is 2.39. The maximum absolute atomic E-state index is 5.94. The lowest BCUT2D eigenvalue weighted by Crippen LogP contribution is -2.32.